The van der Waals surface area contributed by atoms with Crippen molar-refractivity contribution in [2.45, 2.75) is 13.2 Å². The van der Waals surface area contributed by atoms with Crippen LogP contribution in [-0.4, -0.2) is 13.0 Å². The fraction of sp³-hybridized carbons (Fsp3) is 0.188. The maximum Gasteiger partial charge on any atom is 0.252 e. The maximum absolute atomic E-state index is 12.2. The van der Waals surface area contributed by atoms with Gasteiger partial charge in [0.05, 0.1) is 12.2 Å². The van der Waals surface area contributed by atoms with Gasteiger partial charge in [0.25, 0.3) is 5.91 Å². The SMILES string of the molecule is COCc1cccc(CNC(=O)c2ccc(Br)cc2Br)c1. The Morgan fingerprint density at radius 3 is 2.62 bits per heavy atom. The molecule has 2 aromatic rings. The number of nitrogens with one attached hydrogen (secondary N) is 1. The van der Waals surface area contributed by atoms with Crippen molar-refractivity contribution >= 4 is 37.8 Å². The van der Waals surface area contributed by atoms with Gasteiger partial charge in [0.2, 0.25) is 0 Å². The summed E-state index contributed by atoms with van der Waals surface area (Å²) in [6.07, 6.45) is 0. The molecule has 110 valence electrons. The molecule has 0 fully saturated rings. The van der Waals surface area contributed by atoms with E-state index in [1.807, 2.05) is 36.4 Å². The van der Waals surface area contributed by atoms with Gasteiger partial charge >= 0.3 is 0 Å². The van der Waals surface area contributed by atoms with Gasteiger partial charge in [0.15, 0.2) is 0 Å². The summed E-state index contributed by atoms with van der Waals surface area (Å²) in [6, 6.07) is 13.5. The zero-order valence-corrected chi connectivity index (χ0v) is 14.7. The predicted octanol–water partition coefficient (Wildman–Crippen LogP) is 4.29. The third-order valence-corrected chi connectivity index (χ3v) is 4.08. The number of halogens is 2. The highest BCUT2D eigenvalue weighted by Crippen LogP contribution is 2.21. The summed E-state index contributed by atoms with van der Waals surface area (Å²) in [4.78, 5) is 12.2. The highest BCUT2D eigenvalue weighted by molar-refractivity contribution is 9.11. The van der Waals surface area contributed by atoms with Crippen molar-refractivity contribution in [3.63, 3.8) is 0 Å². The minimum Gasteiger partial charge on any atom is -0.380 e. The Balaban J connectivity index is 2.02. The molecule has 0 heterocycles. The van der Waals surface area contributed by atoms with Gasteiger partial charge in [-0.2, -0.15) is 0 Å². The van der Waals surface area contributed by atoms with E-state index in [9.17, 15) is 4.79 Å². The molecule has 0 atom stereocenters. The molecule has 0 saturated heterocycles. The molecule has 0 aliphatic rings. The van der Waals surface area contributed by atoms with Gasteiger partial charge in [-0.1, -0.05) is 40.2 Å². The van der Waals surface area contributed by atoms with Crippen molar-refractivity contribution in [2.24, 2.45) is 0 Å². The van der Waals surface area contributed by atoms with Crippen LogP contribution in [0, 0.1) is 0 Å². The predicted molar refractivity (Wildman–Crippen MR) is 90.2 cm³/mol. The summed E-state index contributed by atoms with van der Waals surface area (Å²) in [5.74, 6) is -0.105. The first-order valence-corrected chi connectivity index (χ1v) is 7.99. The largest absolute Gasteiger partial charge is 0.380 e. The third-order valence-electron chi connectivity index (χ3n) is 2.93. The van der Waals surface area contributed by atoms with Crippen LogP contribution in [0.4, 0.5) is 0 Å². The zero-order valence-electron chi connectivity index (χ0n) is 11.5. The van der Waals surface area contributed by atoms with E-state index in [2.05, 4.69) is 37.2 Å². The molecule has 3 nitrogen and oxygen atoms in total. The van der Waals surface area contributed by atoms with E-state index < -0.39 is 0 Å². The first-order valence-electron chi connectivity index (χ1n) is 6.40. The van der Waals surface area contributed by atoms with Crippen LogP contribution in [0.5, 0.6) is 0 Å². The van der Waals surface area contributed by atoms with Gasteiger partial charge in [-0.3, -0.25) is 4.79 Å². The van der Waals surface area contributed by atoms with Crippen LogP contribution in [-0.2, 0) is 17.9 Å². The number of hydrogen-bond acceptors (Lipinski definition) is 2. The van der Waals surface area contributed by atoms with E-state index in [-0.39, 0.29) is 5.91 Å². The highest BCUT2D eigenvalue weighted by Gasteiger charge is 2.09. The van der Waals surface area contributed by atoms with E-state index in [1.165, 1.54) is 0 Å². The maximum atomic E-state index is 12.2. The lowest BCUT2D eigenvalue weighted by atomic mass is 10.1. The molecule has 0 unspecified atom stereocenters. The number of amides is 1. The first-order chi connectivity index (χ1) is 10.1. The average molecular weight is 413 g/mol. The molecule has 5 heteroatoms. The molecule has 0 bridgehead atoms. The van der Waals surface area contributed by atoms with E-state index in [0.29, 0.717) is 18.7 Å². The summed E-state index contributed by atoms with van der Waals surface area (Å²) in [6.45, 7) is 1.05. The van der Waals surface area contributed by atoms with Crippen LogP contribution in [0.3, 0.4) is 0 Å². The van der Waals surface area contributed by atoms with E-state index >= 15 is 0 Å². The second-order valence-electron chi connectivity index (χ2n) is 4.56. The molecule has 0 aliphatic carbocycles. The smallest absolute Gasteiger partial charge is 0.252 e. The van der Waals surface area contributed by atoms with Crippen LogP contribution < -0.4 is 5.32 Å². The van der Waals surface area contributed by atoms with Crippen LogP contribution in [0.25, 0.3) is 0 Å². The Bertz CT molecular complexity index is 644. The van der Waals surface area contributed by atoms with Crippen molar-refractivity contribution in [3.05, 3.63) is 68.1 Å². The second kappa shape index (κ2) is 7.73. The topological polar surface area (TPSA) is 38.3 Å². The number of benzene rings is 2. The Morgan fingerprint density at radius 1 is 1.14 bits per heavy atom. The summed E-state index contributed by atoms with van der Waals surface area (Å²) < 4.78 is 6.80. The molecular weight excluding hydrogens is 398 g/mol. The van der Waals surface area contributed by atoms with Crippen LogP contribution >= 0.6 is 31.9 Å². The molecule has 0 saturated carbocycles. The van der Waals surface area contributed by atoms with Crippen molar-refractivity contribution in [1.82, 2.24) is 5.32 Å². The summed E-state index contributed by atoms with van der Waals surface area (Å²) in [7, 11) is 1.67. The average Bonchev–Trinajstić information content (AvgIpc) is 2.45. The number of methoxy groups -OCH3 is 1. The molecule has 0 radical (unpaired) electrons. The molecule has 0 aliphatic heterocycles. The normalized spacial score (nSPS) is 10.4. The Hall–Kier alpha value is -1.17. The zero-order chi connectivity index (χ0) is 15.2. The lowest BCUT2D eigenvalue weighted by Gasteiger charge is -2.08. The van der Waals surface area contributed by atoms with Crippen molar-refractivity contribution in [1.29, 1.82) is 0 Å². The summed E-state index contributed by atoms with van der Waals surface area (Å²) in [5, 5.41) is 2.92. The number of rotatable bonds is 5. The van der Waals surface area contributed by atoms with Crippen molar-refractivity contribution in [2.75, 3.05) is 7.11 Å². The molecule has 0 spiro atoms. The van der Waals surface area contributed by atoms with E-state index in [1.54, 1.807) is 13.2 Å². The van der Waals surface area contributed by atoms with Gasteiger partial charge < -0.3 is 10.1 Å². The van der Waals surface area contributed by atoms with E-state index in [4.69, 9.17) is 4.74 Å². The van der Waals surface area contributed by atoms with Gasteiger partial charge in [-0.25, -0.2) is 0 Å². The van der Waals surface area contributed by atoms with Crippen molar-refractivity contribution in [3.8, 4) is 0 Å². The number of carbonyl (C=O) groups excluding carboxylic acids is 1. The Morgan fingerprint density at radius 2 is 1.90 bits per heavy atom. The molecule has 2 rings (SSSR count). The minimum atomic E-state index is -0.105. The summed E-state index contributed by atoms with van der Waals surface area (Å²) in [5.41, 5.74) is 2.76. The molecule has 0 aromatic heterocycles. The lowest BCUT2D eigenvalue weighted by molar-refractivity contribution is 0.0950. The molecule has 1 amide bonds. The summed E-state index contributed by atoms with van der Waals surface area (Å²) >= 11 is 6.77. The minimum absolute atomic E-state index is 0.105. The quantitative estimate of drug-likeness (QED) is 0.795. The molecule has 2 aromatic carbocycles. The Labute approximate surface area is 141 Å². The second-order valence-corrected chi connectivity index (χ2v) is 6.33. The van der Waals surface area contributed by atoms with Gasteiger partial charge in [0.1, 0.15) is 0 Å². The van der Waals surface area contributed by atoms with Gasteiger partial charge in [0, 0.05) is 22.6 Å². The lowest BCUT2D eigenvalue weighted by Crippen LogP contribution is -2.23. The number of hydrogen-bond donors (Lipinski definition) is 1. The van der Waals surface area contributed by atoms with Gasteiger partial charge in [-0.05, 0) is 45.3 Å². The number of carbonyl (C=O) groups is 1. The molecule has 21 heavy (non-hydrogen) atoms. The molecular formula is C16H15Br2NO2. The monoisotopic (exact) mass is 411 g/mol. The number of ether oxygens (including phenoxy) is 1. The third kappa shape index (κ3) is 4.66. The van der Waals surface area contributed by atoms with Crippen LogP contribution in [0.2, 0.25) is 0 Å². The van der Waals surface area contributed by atoms with Gasteiger partial charge in [-0.15, -0.1) is 0 Å². The van der Waals surface area contributed by atoms with Crippen LogP contribution in [0.15, 0.2) is 51.4 Å². The first kappa shape index (κ1) is 16.2. The van der Waals surface area contributed by atoms with Crippen molar-refractivity contribution < 1.29 is 9.53 Å². The van der Waals surface area contributed by atoms with E-state index in [0.717, 1.165) is 20.1 Å². The fourth-order valence-corrected chi connectivity index (χ4v) is 3.17. The standard InChI is InChI=1S/C16H15Br2NO2/c1-21-10-12-4-2-3-11(7-12)9-19-16(20)14-6-5-13(17)8-15(14)18/h2-8H,9-10H2,1H3,(H,19,20). The Kier molecular flexibility index (Phi) is 5.96. The molecule has 1 N–H and O–H groups in total. The highest BCUT2D eigenvalue weighted by atomic mass is 79.9. The fourth-order valence-electron chi connectivity index (χ4n) is 1.95. The van der Waals surface area contributed by atoms with Crippen LogP contribution in [0.1, 0.15) is 21.5 Å².